The Kier molecular flexibility index (Phi) is 10.8. The van der Waals surface area contributed by atoms with Gasteiger partial charge in [-0.25, -0.2) is 0 Å². The molecule has 88 valence electrons. The lowest BCUT2D eigenvalue weighted by Crippen LogP contribution is -2.20. The van der Waals surface area contributed by atoms with Crippen LogP contribution in [-0.4, -0.2) is 18.0 Å². The maximum atomic E-state index is 8.92. The quantitative estimate of drug-likeness (QED) is 0.310. The first-order valence-corrected chi connectivity index (χ1v) is 6.49. The fraction of sp³-hybridized carbons (Fsp3) is 0.923. The third-order valence-corrected chi connectivity index (χ3v) is 2.70. The second kappa shape index (κ2) is 11.4. The van der Waals surface area contributed by atoms with Gasteiger partial charge in [-0.3, -0.25) is 0 Å². The lowest BCUT2D eigenvalue weighted by molar-refractivity contribution is 0.365. The molecule has 0 unspecified atom stereocenters. The van der Waals surface area contributed by atoms with E-state index in [4.69, 9.17) is 5.26 Å². The molecule has 2 nitrogen and oxygen atoms in total. The highest BCUT2D eigenvalue weighted by molar-refractivity contribution is 4.73. The van der Waals surface area contributed by atoms with Crippen molar-refractivity contribution in [1.82, 2.24) is 4.90 Å². The van der Waals surface area contributed by atoms with Gasteiger partial charge in [0, 0.05) is 13.1 Å². The summed E-state index contributed by atoms with van der Waals surface area (Å²) >= 11 is 0. The van der Waals surface area contributed by atoms with Crippen molar-refractivity contribution in [1.29, 1.82) is 5.26 Å². The van der Waals surface area contributed by atoms with Crippen LogP contribution in [0.15, 0.2) is 0 Å². The molecule has 0 rings (SSSR count). The zero-order valence-corrected chi connectivity index (χ0v) is 10.5. The van der Waals surface area contributed by atoms with Gasteiger partial charge >= 0.3 is 0 Å². The molecule has 0 saturated heterocycles. The predicted octanol–water partition coefficient (Wildman–Crippen LogP) is 3.93. The summed E-state index contributed by atoms with van der Waals surface area (Å²) in [7, 11) is 0. The average Bonchev–Trinajstić information content (AvgIpc) is 2.27. The minimum atomic E-state index is 0.961. The van der Waals surface area contributed by atoms with E-state index in [-0.39, 0.29) is 0 Å². The van der Waals surface area contributed by atoms with Crippen molar-refractivity contribution >= 4 is 0 Å². The minimum Gasteiger partial charge on any atom is -0.311 e. The maximum absolute atomic E-state index is 8.92. The smallest absolute Gasteiger partial charge is 0.179 e. The van der Waals surface area contributed by atoms with Crippen LogP contribution < -0.4 is 0 Å². The summed E-state index contributed by atoms with van der Waals surface area (Å²) in [5.41, 5.74) is 0. The van der Waals surface area contributed by atoms with Crippen molar-refractivity contribution in [3.8, 4) is 6.19 Å². The largest absolute Gasteiger partial charge is 0.311 e. The van der Waals surface area contributed by atoms with Crippen LogP contribution in [0, 0.1) is 11.5 Å². The first-order valence-electron chi connectivity index (χ1n) is 6.49. The molecule has 0 aromatic heterocycles. The number of nitriles is 1. The Morgan fingerprint density at radius 2 is 1.27 bits per heavy atom. The van der Waals surface area contributed by atoms with Crippen molar-refractivity contribution < 1.29 is 0 Å². The highest BCUT2D eigenvalue weighted by atomic mass is 15.1. The molecule has 0 bridgehead atoms. The van der Waals surface area contributed by atoms with Crippen molar-refractivity contribution in [2.45, 2.75) is 65.2 Å². The molecular weight excluding hydrogens is 184 g/mol. The summed E-state index contributed by atoms with van der Waals surface area (Å²) in [4.78, 5) is 1.92. The highest BCUT2D eigenvalue weighted by Crippen LogP contribution is 2.04. The molecule has 0 aliphatic rings. The first kappa shape index (κ1) is 14.3. The van der Waals surface area contributed by atoms with Gasteiger partial charge < -0.3 is 4.90 Å². The summed E-state index contributed by atoms with van der Waals surface area (Å²) in [6.45, 7) is 6.35. The Balaban J connectivity index is 3.35. The monoisotopic (exact) mass is 210 g/mol. The van der Waals surface area contributed by atoms with Crippen LogP contribution in [0.2, 0.25) is 0 Å². The van der Waals surface area contributed by atoms with Crippen LogP contribution in [-0.2, 0) is 0 Å². The van der Waals surface area contributed by atoms with Crippen LogP contribution in [0.1, 0.15) is 65.2 Å². The number of rotatable bonds is 10. The van der Waals surface area contributed by atoms with E-state index in [0.29, 0.717) is 0 Å². The predicted molar refractivity (Wildman–Crippen MR) is 65.5 cm³/mol. The molecule has 0 saturated carbocycles. The molecule has 15 heavy (non-hydrogen) atoms. The SMILES string of the molecule is CCCCCCN(C#N)CCCCCC. The molecule has 0 fully saturated rings. The van der Waals surface area contributed by atoms with Gasteiger partial charge in [-0.05, 0) is 12.8 Å². The van der Waals surface area contributed by atoms with Gasteiger partial charge in [0.25, 0.3) is 0 Å². The van der Waals surface area contributed by atoms with Crippen molar-refractivity contribution in [3.05, 3.63) is 0 Å². The minimum absolute atomic E-state index is 0.961. The molecule has 0 aromatic carbocycles. The normalized spacial score (nSPS) is 9.93. The molecule has 0 amide bonds. The van der Waals surface area contributed by atoms with E-state index in [2.05, 4.69) is 20.0 Å². The first-order chi connectivity index (χ1) is 7.35. The molecule has 0 spiro atoms. The Morgan fingerprint density at radius 1 is 0.800 bits per heavy atom. The van der Waals surface area contributed by atoms with Gasteiger partial charge in [-0.2, -0.15) is 5.26 Å². The van der Waals surface area contributed by atoms with Crippen molar-refractivity contribution in [3.63, 3.8) is 0 Å². The van der Waals surface area contributed by atoms with Gasteiger partial charge in [-0.15, -0.1) is 0 Å². The van der Waals surface area contributed by atoms with Gasteiger partial charge in [0.1, 0.15) is 0 Å². The summed E-state index contributed by atoms with van der Waals surface area (Å²) in [5.74, 6) is 0. The summed E-state index contributed by atoms with van der Waals surface area (Å²) in [6.07, 6.45) is 12.3. The van der Waals surface area contributed by atoms with E-state index in [1.54, 1.807) is 0 Å². The molecule has 0 aliphatic carbocycles. The van der Waals surface area contributed by atoms with Crippen LogP contribution in [0.5, 0.6) is 0 Å². The van der Waals surface area contributed by atoms with Crippen LogP contribution in [0.25, 0.3) is 0 Å². The van der Waals surface area contributed by atoms with Crippen molar-refractivity contribution in [2.75, 3.05) is 13.1 Å². The Bertz CT molecular complexity index is 148. The summed E-state index contributed by atoms with van der Waals surface area (Å²) in [6, 6.07) is 0. The molecule has 0 aliphatic heterocycles. The molecule has 0 atom stereocenters. The number of nitrogens with zero attached hydrogens (tertiary/aromatic N) is 2. The third kappa shape index (κ3) is 9.59. The second-order valence-corrected chi connectivity index (χ2v) is 4.21. The van der Waals surface area contributed by atoms with E-state index in [9.17, 15) is 0 Å². The van der Waals surface area contributed by atoms with E-state index >= 15 is 0 Å². The zero-order valence-electron chi connectivity index (χ0n) is 10.5. The Hall–Kier alpha value is -0.710. The topological polar surface area (TPSA) is 27.0 Å². The molecule has 0 heterocycles. The summed E-state index contributed by atoms with van der Waals surface area (Å²) < 4.78 is 0. The van der Waals surface area contributed by atoms with Gasteiger partial charge in [0.05, 0.1) is 0 Å². The standard InChI is InChI=1S/C13H26N2/c1-3-5-7-9-11-15(13-14)12-10-8-6-4-2/h3-12H2,1-2H3. The zero-order chi connectivity index (χ0) is 11.4. The molecule has 0 N–H and O–H groups in total. The fourth-order valence-electron chi connectivity index (χ4n) is 1.67. The molecular formula is C13H26N2. The van der Waals surface area contributed by atoms with Crippen LogP contribution in [0.4, 0.5) is 0 Å². The third-order valence-electron chi connectivity index (χ3n) is 2.70. The van der Waals surface area contributed by atoms with E-state index in [0.717, 1.165) is 13.1 Å². The lowest BCUT2D eigenvalue weighted by atomic mass is 10.2. The van der Waals surface area contributed by atoms with Crippen molar-refractivity contribution in [2.24, 2.45) is 0 Å². The van der Waals surface area contributed by atoms with Crippen LogP contribution >= 0.6 is 0 Å². The average molecular weight is 210 g/mol. The lowest BCUT2D eigenvalue weighted by Gasteiger charge is -2.14. The van der Waals surface area contributed by atoms with Crippen LogP contribution in [0.3, 0.4) is 0 Å². The second-order valence-electron chi connectivity index (χ2n) is 4.21. The fourth-order valence-corrected chi connectivity index (χ4v) is 1.67. The number of hydrogen-bond donors (Lipinski definition) is 0. The molecule has 0 aromatic rings. The summed E-state index contributed by atoms with van der Waals surface area (Å²) in [5, 5.41) is 8.92. The van der Waals surface area contributed by atoms with E-state index in [1.165, 1.54) is 51.4 Å². The van der Waals surface area contributed by atoms with E-state index in [1.807, 2.05) is 4.90 Å². The van der Waals surface area contributed by atoms with Gasteiger partial charge in [0.15, 0.2) is 6.19 Å². The Labute approximate surface area is 95.3 Å². The van der Waals surface area contributed by atoms with Gasteiger partial charge in [-0.1, -0.05) is 52.4 Å². The van der Waals surface area contributed by atoms with E-state index < -0.39 is 0 Å². The number of unbranched alkanes of at least 4 members (excludes halogenated alkanes) is 6. The van der Waals surface area contributed by atoms with Gasteiger partial charge in [0.2, 0.25) is 0 Å². The number of hydrogen-bond acceptors (Lipinski definition) is 2. The maximum Gasteiger partial charge on any atom is 0.179 e. The Morgan fingerprint density at radius 3 is 1.60 bits per heavy atom. The molecule has 0 radical (unpaired) electrons. The highest BCUT2D eigenvalue weighted by Gasteiger charge is 2.00. The molecule has 2 heteroatoms.